The molecule has 2 nitrogen and oxygen atoms in total. The number of carbonyl (C=O) groups excluding carboxylic acids is 1. The van der Waals surface area contributed by atoms with E-state index >= 15 is 0 Å². The molecule has 31 heavy (non-hydrogen) atoms. The van der Waals surface area contributed by atoms with Crippen LogP contribution in [0.25, 0.3) is 0 Å². The molecule has 0 heterocycles. The second-order valence-corrected chi connectivity index (χ2v) is 13.0. The topological polar surface area (TPSA) is 37.3 Å². The zero-order valence-corrected chi connectivity index (χ0v) is 19.4. The van der Waals surface area contributed by atoms with E-state index in [1.54, 1.807) is 5.56 Å². The first-order chi connectivity index (χ1) is 14.9. The van der Waals surface area contributed by atoms with Gasteiger partial charge in [-0.3, -0.25) is 4.79 Å². The zero-order chi connectivity index (χ0) is 21.1. The molecule has 4 bridgehead atoms. The number of benzene rings is 1. The van der Waals surface area contributed by atoms with Gasteiger partial charge in [0.1, 0.15) is 11.5 Å². The van der Waals surface area contributed by atoms with E-state index in [0.717, 1.165) is 43.4 Å². The Balaban J connectivity index is 1.32. The van der Waals surface area contributed by atoms with Gasteiger partial charge in [-0.15, -0.1) is 0 Å². The molecule has 6 fully saturated rings. The lowest BCUT2D eigenvalue weighted by Crippen LogP contribution is -2.48. The molecule has 0 radical (unpaired) electrons. The van der Waals surface area contributed by atoms with Crippen LogP contribution < -0.4 is 0 Å². The molecule has 2 heteroatoms. The molecule has 0 unspecified atom stereocenters. The highest BCUT2D eigenvalue weighted by molar-refractivity contribution is 5.87. The predicted octanol–water partition coefficient (Wildman–Crippen LogP) is 6.59. The molecule has 0 saturated heterocycles. The van der Waals surface area contributed by atoms with Crippen LogP contribution in [0.15, 0.2) is 6.07 Å². The van der Waals surface area contributed by atoms with Crippen LogP contribution in [0.3, 0.4) is 0 Å². The van der Waals surface area contributed by atoms with E-state index < -0.39 is 0 Å². The van der Waals surface area contributed by atoms with E-state index in [9.17, 15) is 9.90 Å². The van der Waals surface area contributed by atoms with Gasteiger partial charge >= 0.3 is 0 Å². The van der Waals surface area contributed by atoms with E-state index in [1.807, 2.05) is 0 Å². The number of rotatable bonds is 1. The molecule has 0 aromatic heterocycles. The minimum absolute atomic E-state index is 0.0482. The second-order valence-electron chi connectivity index (χ2n) is 13.0. The minimum Gasteiger partial charge on any atom is -0.507 e. The first kappa shape index (κ1) is 19.2. The van der Waals surface area contributed by atoms with Crippen molar-refractivity contribution in [2.24, 2.45) is 35.0 Å². The SMILES string of the molecule is Cc1c(O)c(C23CC4CC(CC(C4)C2)C3)cc2c1CC[C@@H]1[C@@H]2CC[C@]2(C)C(=O)CC[C@@H]12. The van der Waals surface area contributed by atoms with Gasteiger partial charge in [-0.05, 0) is 135 Å². The number of fused-ring (bicyclic) bond motifs is 5. The summed E-state index contributed by atoms with van der Waals surface area (Å²) in [5.41, 5.74) is 5.77. The summed E-state index contributed by atoms with van der Waals surface area (Å²) in [5.74, 6) is 5.75. The predicted molar refractivity (Wildman–Crippen MR) is 122 cm³/mol. The van der Waals surface area contributed by atoms with Crippen molar-refractivity contribution in [3.05, 3.63) is 28.3 Å². The molecule has 8 rings (SSSR count). The Morgan fingerprint density at radius 3 is 2.32 bits per heavy atom. The molecule has 7 aliphatic rings. The Bertz CT molecular complexity index is 938. The molecule has 166 valence electrons. The van der Waals surface area contributed by atoms with Crippen LogP contribution in [0.1, 0.15) is 106 Å². The first-order valence-electron chi connectivity index (χ1n) is 13.3. The maximum atomic E-state index is 12.7. The van der Waals surface area contributed by atoms with Crippen molar-refractivity contribution >= 4 is 5.78 Å². The number of hydrogen-bond donors (Lipinski definition) is 1. The summed E-state index contributed by atoms with van der Waals surface area (Å²) in [5, 5.41) is 11.5. The molecule has 1 N–H and O–H groups in total. The van der Waals surface area contributed by atoms with Gasteiger partial charge in [0.05, 0.1) is 0 Å². The number of Topliss-reactive ketones (excluding diaryl/α,β-unsaturated/α-hetero) is 1. The van der Waals surface area contributed by atoms with E-state index in [4.69, 9.17) is 0 Å². The Morgan fingerprint density at radius 2 is 1.65 bits per heavy atom. The third-order valence-corrected chi connectivity index (χ3v) is 11.6. The molecule has 0 amide bonds. The lowest BCUT2D eigenvalue weighted by Gasteiger charge is -2.57. The summed E-state index contributed by atoms with van der Waals surface area (Å²) in [6.45, 7) is 4.48. The van der Waals surface area contributed by atoms with Crippen LogP contribution in [0, 0.1) is 41.9 Å². The van der Waals surface area contributed by atoms with Gasteiger partial charge in [-0.25, -0.2) is 0 Å². The summed E-state index contributed by atoms with van der Waals surface area (Å²) in [6.07, 6.45) is 14.8. The van der Waals surface area contributed by atoms with Gasteiger partial charge in [-0.2, -0.15) is 0 Å². The zero-order valence-electron chi connectivity index (χ0n) is 19.4. The number of ketones is 1. The normalized spacial score (nSPS) is 47.2. The molecule has 0 spiro atoms. The van der Waals surface area contributed by atoms with Gasteiger partial charge in [-0.1, -0.05) is 13.0 Å². The molecule has 4 atom stereocenters. The van der Waals surface area contributed by atoms with E-state index in [2.05, 4.69) is 19.9 Å². The Hall–Kier alpha value is -1.31. The summed E-state index contributed by atoms with van der Waals surface area (Å²) >= 11 is 0. The number of aromatic hydroxyl groups is 1. The fourth-order valence-corrected chi connectivity index (χ4v) is 10.5. The number of phenols is 1. The van der Waals surface area contributed by atoms with Crippen LogP contribution in [-0.2, 0) is 16.6 Å². The monoisotopic (exact) mass is 418 g/mol. The minimum atomic E-state index is -0.0482. The number of carbonyl (C=O) groups is 1. The van der Waals surface area contributed by atoms with Gasteiger partial charge in [0, 0.05) is 17.4 Å². The van der Waals surface area contributed by atoms with Crippen molar-refractivity contribution in [2.75, 3.05) is 0 Å². The van der Waals surface area contributed by atoms with E-state index in [0.29, 0.717) is 29.3 Å². The van der Waals surface area contributed by atoms with Gasteiger partial charge in [0.15, 0.2) is 0 Å². The summed E-state index contributed by atoms with van der Waals surface area (Å²) in [4.78, 5) is 12.7. The highest BCUT2D eigenvalue weighted by atomic mass is 16.3. The first-order valence-corrected chi connectivity index (χ1v) is 13.3. The maximum absolute atomic E-state index is 12.7. The van der Waals surface area contributed by atoms with Crippen molar-refractivity contribution in [1.29, 1.82) is 0 Å². The Labute approximate surface area is 187 Å². The van der Waals surface area contributed by atoms with Gasteiger partial charge in [0.25, 0.3) is 0 Å². The van der Waals surface area contributed by atoms with Crippen LogP contribution in [-0.4, -0.2) is 10.9 Å². The van der Waals surface area contributed by atoms with Crippen molar-refractivity contribution in [2.45, 2.75) is 102 Å². The summed E-state index contributed by atoms with van der Waals surface area (Å²) in [7, 11) is 0. The van der Waals surface area contributed by atoms with Gasteiger partial charge in [0.2, 0.25) is 0 Å². The number of phenolic OH excluding ortho intramolecular Hbond substituents is 1. The van der Waals surface area contributed by atoms with E-state index in [-0.39, 0.29) is 10.8 Å². The molecule has 7 aliphatic carbocycles. The third-order valence-electron chi connectivity index (χ3n) is 11.6. The second kappa shape index (κ2) is 6.17. The lowest BCUT2D eigenvalue weighted by molar-refractivity contribution is -0.129. The van der Waals surface area contributed by atoms with Crippen LogP contribution in [0.2, 0.25) is 0 Å². The van der Waals surface area contributed by atoms with Crippen molar-refractivity contribution in [3.8, 4) is 5.75 Å². The number of hydrogen-bond acceptors (Lipinski definition) is 2. The lowest BCUT2D eigenvalue weighted by atomic mass is 9.47. The standard InChI is InChI=1S/C29H38O2/c1-16-20-3-4-22-21(7-8-28(2)24(22)5-6-26(28)30)23(20)12-25(27(16)31)29-13-17-9-18(14-29)11-19(10-17)15-29/h12,17-19,21-22,24,31H,3-11,13-15H2,1-2H3/t17?,18?,19?,21-,22+,24-,28-,29?/m0/s1. The highest BCUT2D eigenvalue weighted by Crippen LogP contribution is 2.64. The van der Waals surface area contributed by atoms with Crippen LogP contribution in [0.4, 0.5) is 0 Å². The van der Waals surface area contributed by atoms with Crippen LogP contribution >= 0.6 is 0 Å². The van der Waals surface area contributed by atoms with Crippen molar-refractivity contribution < 1.29 is 9.90 Å². The highest BCUT2D eigenvalue weighted by Gasteiger charge is 2.56. The fourth-order valence-electron chi connectivity index (χ4n) is 10.5. The third kappa shape index (κ3) is 2.43. The van der Waals surface area contributed by atoms with Crippen molar-refractivity contribution in [1.82, 2.24) is 0 Å². The molecular formula is C29H38O2. The van der Waals surface area contributed by atoms with Crippen molar-refractivity contribution in [3.63, 3.8) is 0 Å². The average molecular weight is 419 g/mol. The Kier molecular flexibility index (Phi) is 3.82. The largest absolute Gasteiger partial charge is 0.507 e. The molecular weight excluding hydrogens is 380 g/mol. The average Bonchev–Trinajstić information content (AvgIpc) is 3.04. The fraction of sp³-hybridized carbons (Fsp3) is 0.759. The van der Waals surface area contributed by atoms with E-state index in [1.165, 1.54) is 68.1 Å². The molecule has 1 aromatic rings. The van der Waals surface area contributed by atoms with Gasteiger partial charge < -0.3 is 5.11 Å². The van der Waals surface area contributed by atoms with Crippen LogP contribution in [0.5, 0.6) is 5.75 Å². The molecule has 0 aliphatic heterocycles. The maximum Gasteiger partial charge on any atom is 0.139 e. The molecule has 1 aromatic carbocycles. The Morgan fingerprint density at radius 1 is 0.968 bits per heavy atom. The quantitative estimate of drug-likeness (QED) is 0.558. The smallest absolute Gasteiger partial charge is 0.139 e. The summed E-state index contributed by atoms with van der Waals surface area (Å²) in [6, 6.07) is 2.53. The summed E-state index contributed by atoms with van der Waals surface area (Å²) < 4.78 is 0. The molecule has 6 saturated carbocycles.